The van der Waals surface area contributed by atoms with Crippen LogP contribution >= 0.6 is 23.2 Å². The fourth-order valence-electron chi connectivity index (χ4n) is 2.34. The van der Waals surface area contributed by atoms with Gasteiger partial charge < -0.3 is 4.74 Å². The van der Waals surface area contributed by atoms with Crippen LogP contribution in [0.1, 0.15) is 74.7 Å². The van der Waals surface area contributed by atoms with Crippen molar-refractivity contribution in [1.82, 2.24) is 0 Å². The second-order valence-electron chi connectivity index (χ2n) is 5.54. The average Bonchev–Trinajstić information content (AvgIpc) is 2.51. The molecule has 124 valence electrons. The summed E-state index contributed by atoms with van der Waals surface area (Å²) in [6, 6.07) is 3.38. The lowest BCUT2D eigenvalue weighted by Crippen LogP contribution is -2.08. The van der Waals surface area contributed by atoms with E-state index in [4.69, 9.17) is 27.9 Å². The minimum Gasteiger partial charge on any atom is -0.462 e. The Labute approximate surface area is 144 Å². The Morgan fingerprint density at radius 3 is 2.36 bits per heavy atom. The van der Waals surface area contributed by atoms with Gasteiger partial charge in [0, 0.05) is 5.02 Å². The molecule has 2 nitrogen and oxygen atoms in total. The topological polar surface area (TPSA) is 26.3 Å². The molecule has 0 unspecified atom stereocenters. The number of esters is 1. The maximum atomic E-state index is 12.0. The first kappa shape index (κ1) is 19.3. The molecule has 0 aliphatic rings. The van der Waals surface area contributed by atoms with Crippen LogP contribution in [0.15, 0.2) is 12.1 Å². The summed E-state index contributed by atoms with van der Waals surface area (Å²) in [7, 11) is 0. The number of carbonyl (C=O) groups excluding carboxylic acids is 1. The summed E-state index contributed by atoms with van der Waals surface area (Å²) in [5, 5.41) is 1.08. The number of rotatable bonds is 10. The number of hydrogen-bond acceptors (Lipinski definition) is 2. The Morgan fingerprint density at radius 1 is 1.00 bits per heavy atom. The normalized spacial score (nSPS) is 10.7. The van der Waals surface area contributed by atoms with Gasteiger partial charge >= 0.3 is 5.97 Å². The molecule has 0 radical (unpaired) electrons. The molecule has 1 aromatic rings. The third-order valence-corrected chi connectivity index (χ3v) is 4.41. The smallest absolute Gasteiger partial charge is 0.339 e. The lowest BCUT2D eigenvalue weighted by Gasteiger charge is -2.11. The van der Waals surface area contributed by atoms with Gasteiger partial charge in [-0.1, -0.05) is 69.2 Å². The number of halogens is 2. The molecule has 0 bridgehead atoms. The van der Waals surface area contributed by atoms with E-state index in [1.807, 2.05) is 6.92 Å². The van der Waals surface area contributed by atoms with Crippen molar-refractivity contribution in [2.24, 2.45) is 0 Å². The average molecular weight is 345 g/mol. The Morgan fingerprint density at radius 2 is 1.68 bits per heavy atom. The van der Waals surface area contributed by atoms with E-state index < -0.39 is 0 Å². The monoisotopic (exact) mass is 344 g/mol. The van der Waals surface area contributed by atoms with Gasteiger partial charge in [-0.15, -0.1) is 0 Å². The number of benzene rings is 1. The Kier molecular flexibility index (Phi) is 9.58. The molecule has 0 fully saturated rings. The van der Waals surface area contributed by atoms with E-state index >= 15 is 0 Å². The van der Waals surface area contributed by atoms with E-state index in [-0.39, 0.29) is 5.97 Å². The number of hydrogen-bond donors (Lipinski definition) is 0. The summed E-state index contributed by atoms with van der Waals surface area (Å²) in [6.07, 6.45) is 8.86. The van der Waals surface area contributed by atoms with Crippen molar-refractivity contribution in [3.05, 3.63) is 33.3 Å². The van der Waals surface area contributed by atoms with Crippen LogP contribution in [-0.4, -0.2) is 12.6 Å². The molecule has 4 heteroatoms. The van der Waals surface area contributed by atoms with E-state index in [0.29, 0.717) is 22.2 Å². The first-order chi connectivity index (χ1) is 10.6. The lowest BCUT2D eigenvalue weighted by atomic mass is 10.0. The highest BCUT2D eigenvalue weighted by molar-refractivity contribution is 6.37. The minimum atomic E-state index is -0.368. The van der Waals surface area contributed by atoms with Crippen molar-refractivity contribution in [2.45, 2.75) is 65.2 Å². The summed E-state index contributed by atoms with van der Waals surface area (Å²) < 4.78 is 5.16. The zero-order valence-electron chi connectivity index (χ0n) is 13.6. The number of carbonyl (C=O) groups is 1. The number of ether oxygens (including phenoxy) is 1. The van der Waals surface area contributed by atoms with Crippen molar-refractivity contribution in [2.75, 3.05) is 6.61 Å². The largest absolute Gasteiger partial charge is 0.462 e. The molecule has 0 heterocycles. The summed E-state index contributed by atoms with van der Waals surface area (Å²) in [4.78, 5) is 12.0. The highest BCUT2D eigenvalue weighted by Gasteiger charge is 2.17. The molecule has 1 rings (SSSR count). The second kappa shape index (κ2) is 10.9. The molecule has 0 saturated carbocycles. The summed E-state index contributed by atoms with van der Waals surface area (Å²) in [6.45, 7) is 4.58. The fraction of sp³-hybridized carbons (Fsp3) is 0.611. The van der Waals surface area contributed by atoms with Gasteiger partial charge in [0.25, 0.3) is 0 Å². The molecule has 0 spiro atoms. The van der Waals surface area contributed by atoms with Gasteiger partial charge in [-0.3, -0.25) is 0 Å². The van der Waals surface area contributed by atoms with Crippen LogP contribution in [0.2, 0.25) is 10.0 Å². The van der Waals surface area contributed by atoms with Crippen molar-refractivity contribution in [3.8, 4) is 0 Å². The molecule has 0 N–H and O–H groups in total. The predicted molar refractivity (Wildman–Crippen MR) is 94.1 cm³/mol. The molecule has 1 aromatic carbocycles. The van der Waals surface area contributed by atoms with Gasteiger partial charge in [-0.2, -0.15) is 0 Å². The van der Waals surface area contributed by atoms with E-state index in [1.54, 1.807) is 12.1 Å². The summed E-state index contributed by atoms with van der Waals surface area (Å²) in [5.74, 6) is -0.368. The van der Waals surface area contributed by atoms with E-state index in [1.165, 1.54) is 25.7 Å². The zero-order valence-corrected chi connectivity index (χ0v) is 15.1. The number of unbranched alkanes of at least 4 members (excludes halogenated alkanes) is 5. The predicted octanol–water partition coefficient (Wildman–Crippen LogP) is 6.46. The first-order valence-electron chi connectivity index (χ1n) is 8.25. The quantitative estimate of drug-likeness (QED) is 0.359. The zero-order chi connectivity index (χ0) is 16.4. The lowest BCUT2D eigenvalue weighted by molar-refractivity contribution is 0.0505. The first-order valence-corrected chi connectivity index (χ1v) is 9.01. The fourth-order valence-corrected chi connectivity index (χ4v) is 2.98. The van der Waals surface area contributed by atoms with Crippen LogP contribution in [0.5, 0.6) is 0 Å². The van der Waals surface area contributed by atoms with Crippen LogP contribution in [0.4, 0.5) is 0 Å². The highest BCUT2D eigenvalue weighted by atomic mass is 35.5. The van der Waals surface area contributed by atoms with Crippen molar-refractivity contribution in [3.63, 3.8) is 0 Å². The molecular weight excluding hydrogens is 319 g/mol. The van der Waals surface area contributed by atoms with E-state index in [2.05, 4.69) is 6.92 Å². The maximum Gasteiger partial charge on any atom is 0.339 e. The molecule has 0 aromatic heterocycles. The van der Waals surface area contributed by atoms with Crippen LogP contribution in [0.3, 0.4) is 0 Å². The standard InChI is InChI=1S/C18H26Cl2O2/c1-3-5-6-7-8-9-10-14-16(19)12-11-15(17(14)20)18(21)22-13-4-2/h11-12H,3-10,13H2,1-2H3. The Balaban J connectivity index is 2.63. The van der Waals surface area contributed by atoms with Crippen LogP contribution in [-0.2, 0) is 11.2 Å². The third-order valence-electron chi connectivity index (χ3n) is 3.62. The van der Waals surface area contributed by atoms with Crippen molar-refractivity contribution >= 4 is 29.2 Å². The molecule has 0 amide bonds. The SMILES string of the molecule is CCCCCCCCc1c(Cl)ccc(C(=O)OCCC)c1Cl. The molecule has 0 atom stereocenters. The molecule has 0 aliphatic heterocycles. The van der Waals surface area contributed by atoms with Gasteiger partial charge in [0.15, 0.2) is 0 Å². The highest BCUT2D eigenvalue weighted by Crippen LogP contribution is 2.30. The van der Waals surface area contributed by atoms with Crippen molar-refractivity contribution < 1.29 is 9.53 Å². The van der Waals surface area contributed by atoms with E-state index in [9.17, 15) is 4.79 Å². The van der Waals surface area contributed by atoms with Gasteiger partial charge in [-0.05, 0) is 37.0 Å². The van der Waals surface area contributed by atoms with Gasteiger partial charge in [0.05, 0.1) is 17.2 Å². The molecular formula is C18H26Cl2O2. The van der Waals surface area contributed by atoms with Gasteiger partial charge in [0.2, 0.25) is 0 Å². The Bertz CT molecular complexity index is 472. The maximum absolute atomic E-state index is 12.0. The molecule has 0 saturated heterocycles. The Hall–Kier alpha value is -0.730. The van der Waals surface area contributed by atoms with Crippen molar-refractivity contribution in [1.29, 1.82) is 0 Å². The molecule has 0 aliphatic carbocycles. The second-order valence-corrected chi connectivity index (χ2v) is 6.33. The van der Waals surface area contributed by atoms with Crippen LogP contribution in [0.25, 0.3) is 0 Å². The van der Waals surface area contributed by atoms with Crippen LogP contribution in [0, 0.1) is 0 Å². The minimum absolute atomic E-state index is 0.368. The van der Waals surface area contributed by atoms with Gasteiger partial charge in [-0.25, -0.2) is 4.79 Å². The third kappa shape index (κ3) is 6.18. The van der Waals surface area contributed by atoms with Crippen LogP contribution < -0.4 is 0 Å². The summed E-state index contributed by atoms with van der Waals surface area (Å²) >= 11 is 12.6. The van der Waals surface area contributed by atoms with Gasteiger partial charge in [0.1, 0.15) is 0 Å². The molecule has 22 heavy (non-hydrogen) atoms. The van der Waals surface area contributed by atoms with E-state index in [0.717, 1.165) is 31.2 Å². The summed E-state index contributed by atoms with van der Waals surface area (Å²) in [5.41, 5.74) is 1.28.